The second kappa shape index (κ2) is 11.4. The monoisotopic (exact) mass is 407 g/mol. The molecule has 0 atom stereocenters. The fraction of sp³-hybridized carbons (Fsp3) is 0.316. The van der Waals surface area contributed by atoms with Crippen LogP contribution in [0.3, 0.4) is 0 Å². The summed E-state index contributed by atoms with van der Waals surface area (Å²) in [4.78, 5) is 36.0. The van der Waals surface area contributed by atoms with Crippen molar-refractivity contribution in [3.05, 3.63) is 51.7 Å². The first kappa shape index (κ1) is 20.9. The highest BCUT2D eigenvalue weighted by Crippen LogP contribution is 2.13. The number of thiophene rings is 1. The Kier molecular flexibility index (Phi) is 8.80. The minimum Gasteiger partial charge on any atom is -0.356 e. The molecule has 3 N–H and O–H groups in total. The molecule has 0 aliphatic heterocycles. The number of hydrogen-bond acceptors (Lipinski definition) is 4. The Balaban J connectivity index is 1.50. The number of nitrogens with one attached hydrogen (secondary N) is 3. The number of amides is 3. The summed E-state index contributed by atoms with van der Waals surface area (Å²) < 4.78 is 0. The Bertz CT molecular complexity index is 748. The van der Waals surface area contributed by atoms with Crippen molar-refractivity contribution in [3.63, 3.8) is 0 Å². The van der Waals surface area contributed by atoms with Gasteiger partial charge in [0, 0.05) is 36.6 Å². The highest BCUT2D eigenvalue weighted by atomic mass is 35.5. The third-order valence-electron chi connectivity index (χ3n) is 3.64. The molecule has 0 aliphatic rings. The van der Waals surface area contributed by atoms with Crippen LogP contribution < -0.4 is 16.0 Å². The van der Waals surface area contributed by atoms with E-state index in [-0.39, 0.29) is 17.7 Å². The lowest BCUT2D eigenvalue weighted by Gasteiger charge is -2.07. The number of anilines is 1. The van der Waals surface area contributed by atoms with Gasteiger partial charge in [0.25, 0.3) is 5.91 Å². The molecule has 6 nitrogen and oxygen atoms in total. The largest absolute Gasteiger partial charge is 0.356 e. The van der Waals surface area contributed by atoms with Crippen molar-refractivity contribution in [2.24, 2.45) is 0 Å². The number of rotatable bonds is 10. The second-order valence-corrected chi connectivity index (χ2v) is 7.23. The van der Waals surface area contributed by atoms with Gasteiger partial charge in [0.15, 0.2) is 0 Å². The third kappa shape index (κ3) is 8.23. The van der Waals surface area contributed by atoms with Crippen LogP contribution in [0.5, 0.6) is 0 Å². The van der Waals surface area contributed by atoms with Crippen molar-refractivity contribution in [3.8, 4) is 0 Å². The molecule has 0 bridgehead atoms. The van der Waals surface area contributed by atoms with Crippen LogP contribution in [0, 0.1) is 0 Å². The molecule has 0 spiro atoms. The zero-order chi connectivity index (χ0) is 19.5. The predicted molar refractivity (Wildman–Crippen MR) is 108 cm³/mol. The summed E-state index contributed by atoms with van der Waals surface area (Å²) in [5, 5.41) is 10.8. The average Bonchev–Trinajstić information content (AvgIpc) is 3.19. The van der Waals surface area contributed by atoms with Gasteiger partial charge in [-0.25, -0.2) is 0 Å². The van der Waals surface area contributed by atoms with E-state index < -0.39 is 0 Å². The fourth-order valence-electron chi connectivity index (χ4n) is 2.27. The van der Waals surface area contributed by atoms with E-state index in [2.05, 4.69) is 16.0 Å². The molecule has 0 unspecified atom stereocenters. The molecule has 1 heterocycles. The first-order chi connectivity index (χ1) is 13.0. The average molecular weight is 408 g/mol. The van der Waals surface area contributed by atoms with Crippen molar-refractivity contribution in [1.82, 2.24) is 10.6 Å². The van der Waals surface area contributed by atoms with E-state index >= 15 is 0 Å². The van der Waals surface area contributed by atoms with Crippen LogP contribution in [0.1, 0.15) is 35.4 Å². The van der Waals surface area contributed by atoms with Gasteiger partial charge in [-0.1, -0.05) is 17.7 Å². The van der Waals surface area contributed by atoms with Crippen LogP contribution in [0.25, 0.3) is 0 Å². The number of carbonyl (C=O) groups excluding carboxylic acids is 3. The number of carbonyl (C=O) groups is 3. The molecule has 0 aliphatic carbocycles. The van der Waals surface area contributed by atoms with Crippen LogP contribution >= 0.6 is 22.9 Å². The molecule has 27 heavy (non-hydrogen) atoms. The Morgan fingerprint density at radius 1 is 0.889 bits per heavy atom. The van der Waals surface area contributed by atoms with E-state index in [1.54, 1.807) is 30.3 Å². The molecule has 0 saturated carbocycles. The molecule has 0 saturated heterocycles. The molecule has 2 aromatic rings. The van der Waals surface area contributed by atoms with Crippen LogP contribution in [0.15, 0.2) is 41.8 Å². The highest BCUT2D eigenvalue weighted by molar-refractivity contribution is 7.12. The fourth-order valence-corrected chi connectivity index (χ4v) is 3.03. The molecular weight excluding hydrogens is 386 g/mol. The van der Waals surface area contributed by atoms with Gasteiger partial charge in [-0.15, -0.1) is 11.3 Å². The van der Waals surface area contributed by atoms with E-state index in [1.165, 1.54) is 11.3 Å². The molecular formula is C19H22ClN3O3S. The Morgan fingerprint density at radius 3 is 2.22 bits per heavy atom. The van der Waals surface area contributed by atoms with Gasteiger partial charge >= 0.3 is 0 Å². The van der Waals surface area contributed by atoms with Crippen molar-refractivity contribution in [2.75, 3.05) is 18.4 Å². The van der Waals surface area contributed by atoms with Crippen LogP contribution in [0.2, 0.25) is 5.02 Å². The van der Waals surface area contributed by atoms with Gasteiger partial charge in [0.2, 0.25) is 11.8 Å². The predicted octanol–water partition coefficient (Wildman–Crippen LogP) is 3.45. The summed E-state index contributed by atoms with van der Waals surface area (Å²) >= 11 is 7.17. The van der Waals surface area contributed by atoms with E-state index in [1.807, 2.05) is 11.4 Å². The first-order valence-electron chi connectivity index (χ1n) is 8.68. The van der Waals surface area contributed by atoms with Gasteiger partial charge in [-0.3, -0.25) is 14.4 Å². The lowest BCUT2D eigenvalue weighted by molar-refractivity contribution is -0.121. The van der Waals surface area contributed by atoms with E-state index in [0.717, 1.165) is 0 Å². The minimum absolute atomic E-state index is 0.0847. The van der Waals surface area contributed by atoms with E-state index in [0.29, 0.717) is 54.4 Å². The maximum atomic E-state index is 11.8. The molecule has 3 amide bonds. The summed E-state index contributed by atoms with van der Waals surface area (Å²) in [6, 6.07) is 10.5. The van der Waals surface area contributed by atoms with Crippen molar-refractivity contribution in [2.45, 2.75) is 25.7 Å². The molecule has 1 aromatic heterocycles. The quantitative estimate of drug-likeness (QED) is 0.527. The van der Waals surface area contributed by atoms with Gasteiger partial charge in [0.05, 0.1) is 4.88 Å². The normalized spacial score (nSPS) is 10.3. The zero-order valence-electron chi connectivity index (χ0n) is 14.8. The minimum atomic E-state index is -0.114. The van der Waals surface area contributed by atoms with Crippen molar-refractivity contribution >= 4 is 46.3 Å². The third-order valence-corrected chi connectivity index (χ3v) is 4.76. The topological polar surface area (TPSA) is 87.3 Å². The SMILES string of the molecule is O=C(CCCNC(=O)c1cccs1)NCCCC(=O)Nc1ccc(Cl)cc1. The number of halogens is 1. The Morgan fingerprint density at radius 2 is 1.56 bits per heavy atom. The summed E-state index contributed by atoms with van der Waals surface area (Å²) in [6.45, 7) is 0.891. The molecule has 2 rings (SSSR count). The number of benzene rings is 1. The van der Waals surface area contributed by atoms with Crippen molar-refractivity contribution < 1.29 is 14.4 Å². The molecule has 0 fully saturated rings. The number of hydrogen-bond donors (Lipinski definition) is 3. The summed E-state index contributed by atoms with van der Waals surface area (Å²) in [6.07, 6.45) is 1.78. The standard InChI is InChI=1S/C19H22ClN3O3S/c20-14-7-9-15(10-8-14)23-18(25)6-2-11-21-17(24)5-1-12-22-19(26)16-4-3-13-27-16/h3-4,7-10,13H,1-2,5-6,11-12H2,(H,21,24)(H,22,26)(H,23,25). The molecule has 8 heteroatoms. The van der Waals surface area contributed by atoms with E-state index in [4.69, 9.17) is 11.6 Å². The lowest BCUT2D eigenvalue weighted by atomic mass is 10.2. The Hall–Kier alpha value is -2.38. The summed E-state index contributed by atoms with van der Waals surface area (Å²) in [5.41, 5.74) is 0.693. The molecule has 1 aromatic carbocycles. The van der Waals surface area contributed by atoms with Gasteiger partial charge in [-0.2, -0.15) is 0 Å². The maximum Gasteiger partial charge on any atom is 0.261 e. The maximum absolute atomic E-state index is 11.8. The van der Waals surface area contributed by atoms with Crippen LogP contribution in [-0.2, 0) is 9.59 Å². The lowest BCUT2D eigenvalue weighted by Crippen LogP contribution is -2.28. The van der Waals surface area contributed by atoms with Gasteiger partial charge < -0.3 is 16.0 Å². The molecule has 144 valence electrons. The van der Waals surface area contributed by atoms with Crippen LogP contribution in [-0.4, -0.2) is 30.8 Å². The van der Waals surface area contributed by atoms with Crippen LogP contribution in [0.4, 0.5) is 5.69 Å². The molecule has 0 radical (unpaired) electrons. The van der Waals surface area contributed by atoms with Crippen molar-refractivity contribution in [1.29, 1.82) is 0 Å². The smallest absolute Gasteiger partial charge is 0.261 e. The summed E-state index contributed by atoms with van der Waals surface area (Å²) in [7, 11) is 0. The summed E-state index contributed by atoms with van der Waals surface area (Å²) in [5.74, 6) is -0.307. The van der Waals surface area contributed by atoms with Gasteiger partial charge in [-0.05, 0) is 48.6 Å². The van der Waals surface area contributed by atoms with E-state index in [9.17, 15) is 14.4 Å². The second-order valence-electron chi connectivity index (χ2n) is 5.85. The first-order valence-corrected chi connectivity index (χ1v) is 9.94. The zero-order valence-corrected chi connectivity index (χ0v) is 16.4. The Labute approximate surface area is 167 Å². The van der Waals surface area contributed by atoms with Gasteiger partial charge in [0.1, 0.15) is 0 Å². The highest BCUT2D eigenvalue weighted by Gasteiger charge is 2.07.